The van der Waals surface area contributed by atoms with Gasteiger partial charge in [0.2, 0.25) is 0 Å². The van der Waals surface area contributed by atoms with Crippen molar-refractivity contribution >= 4 is 5.97 Å². The summed E-state index contributed by atoms with van der Waals surface area (Å²) < 4.78 is 17.2. The Balaban J connectivity index is 1.63. The monoisotopic (exact) mass is 402 g/mol. The first-order valence-corrected chi connectivity index (χ1v) is 10.2. The minimum atomic E-state index is -0.571. The molecule has 4 nitrogen and oxygen atoms in total. The van der Waals surface area contributed by atoms with Gasteiger partial charge in [-0.15, -0.1) is 0 Å². The van der Waals surface area contributed by atoms with Gasteiger partial charge in [-0.2, -0.15) is 0 Å². The standard InChI is InChI=1S/C26H26O4/c1-26(2,3)25(27)30-24(19-7-5-4-6-8-19)20-11-9-18(10-12-20)21-13-14-22-23(17-21)29-16-15-28-22/h4-14,17,24H,15-16H2,1-3H3/t24-/m0/s1. The van der Waals surface area contributed by atoms with E-state index in [-0.39, 0.29) is 5.97 Å². The van der Waals surface area contributed by atoms with E-state index in [2.05, 4.69) is 0 Å². The van der Waals surface area contributed by atoms with Crippen LogP contribution in [0.15, 0.2) is 72.8 Å². The minimum Gasteiger partial charge on any atom is -0.486 e. The molecule has 4 rings (SSSR count). The maximum absolute atomic E-state index is 12.6. The predicted octanol–water partition coefficient (Wildman–Crippen LogP) is 5.80. The molecule has 0 saturated heterocycles. The van der Waals surface area contributed by atoms with Gasteiger partial charge in [0.25, 0.3) is 0 Å². The summed E-state index contributed by atoms with van der Waals surface area (Å²) >= 11 is 0. The second-order valence-corrected chi connectivity index (χ2v) is 8.43. The molecule has 0 unspecified atom stereocenters. The molecule has 0 saturated carbocycles. The lowest BCUT2D eigenvalue weighted by Gasteiger charge is -2.24. The topological polar surface area (TPSA) is 44.8 Å². The highest BCUT2D eigenvalue weighted by Crippen LogP contribution is 2.36. The lowest BCUT2D eigenvalue weighted by atomic mass is 9.95. The van der Waals surface area contributed by atoms with E-state index in [0.29, 0.717) is 13.2 Å². The molecule has 1 atom stereocenters. The van der Waals surface area contributed by atoms with Crippen molar-refractivity contribution < 1.29 is 19.0 Å². The molecule has 0 aliphatic carbocycles. The number of fused-ring (bicyclic) bond motifs is 1. The third-order valence-electron chi connectivity index (χ3n) is 5.03. The average molecular weight is 402 g/mol. The maximum Gasteiger partial charge on any atom is 0.312 e. The largest absolute Gasteiger partial charge is 0.486 e. The molecule has 0 aromatic heterocycles. The van der Waals surface area contributed by atoms with Crippen LogP contribution in [0, 0.1) is 5.41 Å². The summed E-state index contributed by atoms with van der Waals surface area (Å²) in [5, 5.41) is 0. The summed E-state index contributed by atoms with van der Waals surface area (Å²) in [6.07, 6.45) is -0.452. The molecule has 0 N–H and O–H groups in total. The molecule has 1 heterocycles. The molecular formula is C26H26O4. The molecule has 3 aromatic carbocycles. The Labute approximate surface area is 177 Å². The first-order valence-electron chi connectivity index (χ1n) is 10.2. The van der Waals surface area contributed by atoms with Gasteiger partial charge in [0, 0.05) is 0 Å². The molecule has 4 heteroatoms. The number of ether oxygens (including phenoxy) is 3. The number of benzene rings is 3. The van der Waals surface area contributed by atoms with Gasteiger partial charge in [-0.3, -0.25) is 4.79 Å². The Hall–Kier alpha value is -3.27. The summed E-state index contributed by atoms with van der Waals surface area (Å²) in [5.41, 5.74) is 3.42. The maximum atomic E-state index is 12.6. The van der Waals surface area contributed by atoms with Crippen molar-refractivity contribution in [3.05, 3.63) is 83.9 Å². The lowest BCUT2D eigenvalue weighted by Crippen LogP contribution is -2.25. The number of hydrogen-bond acceptors (Lipinski definition) is 4. The van der Waals surface area contributed by atoms with Crippen molar-refractivity contribution in [3.63, 3.8) is 0 Å². The van der Waals surface area contributed by atoms with Crippen molar-refractivity contribution in [1.82, 2.24) is 0 Å². The second kappa shape index (κ2) is 8.23. The molecule has 3 aromatic rings. The highest BCUT2D eigenvalue weighted by atomic mass is 16.6. The van der Waals surface area contributed by atoms with E-state index in [0.717, 1.165) is 33.8 Å². The zero-order chi connectivity index (χ0) is 21.1. The molecule has 0 bridgehead atoms. The van der Waals surface area contributed by atoms with E-state index < -0.39 is 11.5 Å². The van der Waals surface area contributed by atoms with Gasteiger partial charge in [-0.1, -0.05) is 60.7 Å². The van der Waals surface area contributed by atoms with Gasteiger partial charge in [-0.05, 0) is 55.2 Å². The van der Waals surface area contributed by atoms with Gasteiger partial charge in [0.15, 0.2) is 17.6 Å². The SMILES string of the molecule is CC(C)(C)C(=O)O[C@@H](c1ccccc1)c1ccc(-c2ccc3c(c2)OCCO3)cc1. The van der Waals surface area contributed by atoms with E-state index in [1.54, 1.807) is 0 Å². The highest BCUT2D eigenvalue weighted by molar-refractivity contribution is 5.76. The van der Waals surface area contributed by atoms with Crippen molar-refractivity contribution in [1.29, 1.82) is 0 Å². The van der Waals surface area contributed by atoms with Crippen LogP contribution < -0.4 is 9.47 Å². The van der Waals surface area contributed by atoms with Crippen molar-refractivity contribution in [2.75, 3.05) is 13.2 Å². The predicted molar refractivity (Wildman–Crippen MR) is 117 cm³/mol. The quantitative estimate of drug-likeness (QED) is 0.517. The van der Waals surface area contributed by atoms with E-state index in [1.165, 1.54) is 0 Å². The Bertz CT molecular complexity index is 1020. The van der Waals surface area contributed by atoms with Crippen LogP contribution in [-0.4, -0.2) is 19.2 Å². The summed E-state index contributed by atoms with van der Waals surface area (Å²) in [6, 6.07) is 23.9. The number of esters is 1. The molecule has 30 heavy (non-hydrogen) atoms. The number of carbonyl (C=O) groups is 1. The fourth-order valence-corrected chi connectivity index (χ4v) is 3.31. The van der Waals surface area contributed by atoms with Crippen molar-refractivity contribution in [2.24, 2.45) is 5.41 Å². The minimum absolute atomic E-state index is 0.229. The summed E-state index contributed by atoms with van der Waals surface area (Å²) in [4.78, 5) is 12.6. The van der Waals surface area contributed by atoms with Crippen LogP contribution in [0.4, 0.5) is 0 Å². The molecule has 0 amide bonds. The van der Waals surface area contributed by atoms with Crippen LogP contribution in [0.1, 0.15) is 38.0 Å². The summed E-state index contributed by atoms with van der Waals surface area (Å²) in [6.45, 7) is 6.73. The average Bonchev–Trinajstić information content (AvgIpc) is 2.77. The third-order valence-corrected chi connectivity index (χ3v) is 5.03. The molecule has 1 aliphatic rings. The molecule has 154 valence electrons. The Morgan fingerprint density at radius 1 is 0.800 bits per heavy atom. The first kappa shape index (κ1) is 20.0. The van der Waals surface area contributed by atoms with Crippen molar-refractivity contribution in [3.8, 4) is 22.6 Å². The number of rotatable bonds is 4. The Morgan fingerprint density at radius 2 is 1.40 bits per heavy atom. The van der Waals surface area contributed by atoms with E-state index >= 15 is 0 Å². The van der Waals surface area contributed by atoms with Crippen molar-refractivity contribution in [2.45, 2.75) is 26.9 Å². The van der Waals surface area contributed by atoms with Crippen LogP contribution in [0.2, 0.25) is 0 Å². The van der Waals surface area contributed by atoms with Crippen LogP contribution >= 0.6 is 0 Å². The number of hydrogen-bond donors (Lipinski definition) is 0. The molecule has 1 aliphatic heterocycles. The van der Waals surface area contributed by atoms with E-state index in [4.69, 9.17) is 14.2 Å². The van der Waals surface area contributed by atoms with Crippen LogP contribution in [0.3, 0.4) is 0 Å². The van der Waals surface area contributed by atoms with Gasteiger partial charge < -0.3 is 14.2 Å². The summed E-state index contributed by atoms with van der Waals surface area (Å²) in [7, 11) is 0. The smallest absolute Gasteiger partial charge is 0.312 e. The molecular weight excluding hydrogens is 376 g/mol. The van der Waals surface area contributed by atoms with E-state index in [1.807, 2.05) is 93.6 Å². The van der Waals surface area contributed by atoms with Crippen LogP contribution in [0.5, 0.6) is 11.5 Å². The first-order chi connectivity index (χ1) is 14.4. The fraction of sp³-hybridized carbons (Fsp3) is 0.269. The number of carbonyl (C=O) groups excluding carboxylic acids is 1. The summed E-state index contributed by atoms with van der Waals surface area (Å²) in [5.74, 6) is 1.32. The molecule has 0 fully saturated rings. The van der Waals surface area contributed by atoms with Gasteiger partial charge >= 0.3 is 5.97 Å². The normalized spacial score (nSPS) is 14.1. The van der Waals surface area contributed by atoms with Gasteiger partial charge in [0.05, 0.1) is 5.41 Å². The van der Waals surface area contributed by atoms with Crippen LogP contribution in [0.25, 0.3) is 11.1 Å². The molecule has 0 spiro atoms. The second-order valence-electron chi connectivity index (χ2n) is 8.43. The van der Waals surface area contributed by atoms with Gasteiger partial charge in [0.1, 0.15) is 13.2 Å². The zero-order valence-electron chi connectivity index (χ0n) is 17.6. The molecule has 0 radical (unpaired) electrons. The Morgan fingerprint density at radius 3 is 2.07 bits per heavy atom. The third kappa shape index (κ3) is 4.33. The lowest BCUT2D eigenvalue weighted by molar-refractivity contribution is -0.157. The van der Waals surface area contributed by atoms with Crippen LogP contribution in [-0.2, 0) is 9.53 Å². The zero-order valence-corrected chi connectivity index (χ0v) is 17.6. The van der Waals surface area contributed by atoms with E-state index in [9.17, 15) is 4.79 Å². The highest BCUT2D eigenvalue weighted by Gasteiger charge is 2.28. The Kier molecular flexibility index (Phi) is 5.49. The van der Waals surface area contributed by atoms with Gasteiger partial charge in [-0.25, -0.2) is 0 Å². The fourth-order valence-electron chi connectivity index (χ4n) is 3.31.